The van der Waals surface area contributed by atoms with Crippen molar-refractivity contribution in [1.29, 1.82) is 0 Å². The van der Waals surface area contributed by atoms with E-state index in [-0.39, 0.29) is 0 Å². The van der Waals surface area contributed by atoms with Crippen molar-refractivity contribution in [1.82, 2.24) is 0 Å². The Bertz CT molecular complexity index is 117. The highest BCUT2D eigenvalue weighted by molar-refractivity contribution is 4.57. The molecule has 0 heterocycles. The molecular weight excluding hydrogens is 180 g/mol. The van der Waals surface area contributed by atoms with Crippen LogP contribution in [0.2, 0.25) is 0 Å². The summed E-state index contributed by atoms with van der Waals surface area (Å²) in [5, 5.41) is 0. The second-order valence-electron chi connectivity index (χ2n) is 5.40. The number of unbranched alkanes of at least 4 members (excludes halogenated alkanes) is 4. The lowest BCUT2D eigenvalue weighted by atomic mass is 9.93. The van der Waals surface area contributed by atoms with Crippen LogP contribution in [0.4, 0.5) is 0 Å². The van der Waals surface area contributed by atoms with E-state index >= 15 is 0 Å². The SMILES string of the molecule is CCCCCCCC(C)CCC(C)CC. The predicted octanol–water partition coefficient (Wildman–Crippen LogP) is 5.81. The van der Waals surface area contributed by atoms with E-state index in [9.17, 15) is 0 Å². The quantitative estimate of drug-likeness (QED) is 0.401. The minimum atomic E-state index is 0.938. The minimum absolute atomic E-state index is 0.938. The zero-order chi connectivity index (χ0) is 11.5. The monoisotopic (exact) mass is 212 g/mol. The summed E-state index contributed by atoms with van der Waals surface area (Å²) in [5.41, 5.74) is 0. The fourth-order valence-corrected chi connectivity index (χ4v) is 2.01. The molecule has 0 spiro atoms. The normalized spacial score (nSPS) is 15.2. The zero-order valence-electron chi connectivity index (χ0n) is 11.5. The molecule has 0 aliphatic heterocycles. The molecular formula is C15H32. The van der Waals surface area contributed by atoms with E-state index in [2.05, 4.69) is 27.7 Å². The summed E-state index contributed by atoms with van der Waals surface area (Å²) >= 11 is 0. The smallest absolute Gasteiger partial charge is 0.0443 e. The van der Waals surface area contributed by atoms with Gasteiger partial charge in [0.15, 0.2) is 0 Å². The van der Waals surface area contributed by atoms with Crippen LogP contribution in [0.15, 0.2) is 0 Å². The largest absolute Gasteiger partial charge is 0.0654 e. The highest BCUT2D eigenvalue weighted by Gasteiger charge is 2.04. The molecule has 15 heavy (non-hydrogen) atoms. The van der Waals surface area contributed by atoms with Gasteiger partial charge in [-0.2, -0.15) is 0 Å². The van der Waals surface area contributed by atoms with Crippen molar-refractivity contribution in [3.8, 4) is 0 Å². The van der Waals surface area contributed by atoms with Crippen molar-refractivity contribution in [2.24, 2.45) is 11.8 Å². The van der Waals surface area contributed by atoms with Crippen LogP contribution in [0.25, 0.3) is 0 Å². The standard InChI is InChI=1S/C15H32/c1-5-7-8-9-10-11-15(4)13-12-14(3)6-2/h14-15H,5-13H2,1-4H3. The van der Waals surface area contributed by atoms with E-state index in [4.69, 9.17) is 0 Å². The molecule has 0 saturated carbocycles. The minimum Gasteiger partial charge on any atom is -0.0654 e. The Hall–Kier alpha value is 0. The third-order valence-corrected chi connectivity index (χ3v) is 3.65. The highest BCUT2D eigenvalue weighted by Crippen LogP contribution is 2.19. The molecule has 0 aliphatic carbocycles. The van der Waals surface area contributed by atoms with E-state index in [1.54, 1.807) is 0 Å². The van der Waals surface area contributed by atoms with Gasteiger partial charge < -0.3 is 0 Å². The lowest BCUT2D eigenvalue weighted by Crippen LogP contribution is -1.99. The summed E-state index contributed by atoms with van der Waals surface area (Å²) in [4.78, 5) is 0. The van der Waals surface area contributed by atoms with Crippen LogP contribution in [0.3, 0.4) is 0 Å². The van der Waals surface area contributed by atoms with Gasteiger partial charge >= 0.3 is 0 Å². The maximum atomic E-state index is 2.43. The Morgan fingerprint density at radius 2 is 1.27 bits per heavy atom. The van der Waals surface area contributed by atoms with E-state index < -0.39 is 0 Å². The molecule has 0 saturated heterocycles. The van der Waals surface area contributed by atoms with Gasteiger partial charge in [0.2, 0.25) is 0 Å². The van der Waals surface area contributed by atoms with Crippen LogP contribution in [0.1, 0.15) is 85.5 Å². The summed E-state index contributed by atoms with van der Waals surface area (Å²) in [6.45, 7) is 9.41. The molecule has 0 N–H and O–H groups in total. The number of rotatable bonds is 10. The van der Waals surface area contributed by atoms with Crippen molar-refractivity contribution in [2.45, 2.75) is 85.5 Å². The molecule has 0 amide bonds. The van der Waals surface area contributed by atoms with Gasteiger partial charge in [0, 0.05) is 0 Å². The topological polar surface area (TPSA) is 0 Å². The lowest BCUT2D eigenvalue weighted by Gasteiger charge is -2.14. The van der Waals surface area contributed by atoms with E-state index in [0.717, 1.165) is 11.8 Å². The third-order valence-electron chi connectivity index (χ3n) is 3.65. The summed E-state index contributed by atoms with van der Waals surface area (Å²) < 4.78 is 0. The molecule has 0 aromatic heterocycles. The maximum Gasteiger partial charge on any atom is -0.0443 e. The van der Waals surface area contributed by atoms with E-state index in [1.165, 1.54) is 57.8 Å². The first-order chi connectivity index (χ1) is 7.20. The van der Waals surface area contributed by atoms with Crippen molar-refractivity contribution in [2.75, 3.05) is 0 Å². The van der Waals surface area contributed by atoms with Gasteiger partial charge in [0.25, 0.3) is 0 Å². The van der Waals surface area contributed by atoms with Crippen LogP contribution >= 0.6 is 0 Å². The fourth-order valence-electron chi connectivity index (χ4n) is 2.01. The van der Waals surface area contributed by atoms with Crippen molar-refractivity contribution < 1.29 is 0 Å². The maximum absolute atomic E-state index is 2.43. The van der Waals surface area contributed by atoms with E-state index in [1.807, 2.05) is 0 Å². The number of hydrogen-bond acceptors (Lipinski definition) is 0. The van der Waals surface area contributed by atoms with Crippen molar-refractivity contribution in [3.05, 3.63) is 0 Å². The Balaban J connectivity index is 3.21. The summed E-state index contributed by atoms with van der Waals surface area (Å²) in [6, 6.07) is 0. The second kappa shape index (κ2) is 10.5. The van der Waals surface area contributed by atoms with Crippen LogP contribution in [0.5, 0.6) is 0 Å². The molecule has 92 valence electrons. The summed E-state index contributed by atoms with van der Waals surface area (Å²) in [7, 11) is 0. The van der Waals surface area contributed by atoms with Gasteiger partial charge in [0.05, 0.1) is 0 Å². The van der Waals surface area contributed by atoms with Crippen LogP contribution in [-0.4, -0.2) is 0 Å². The highest BCUT2D eigenvalue weighted by atomic mass is 14.1. The van der Waals surface area contributed by atoms with Gasteiger partial charge in [-0.25, -0.2) is 0 Å². The van der Waals surface area contributed by atoms with Crippen LogP contribution in [0, 0.1) is 11.8 Å². The molecule has 0 bridgehead atoms. The molecule has 0 rings (SSSR count). The van der Waals surface area contributed by atoms with Gasteiger partial charge in [0.1, 0.15) is 0 Å². The van der Waals surface area contributed by atoms with E-state index in [0.29, 0.717) is 0 Å². The summed E-state index contributed by atoms with van der Waals surface area (Å²) in [5.74, 6) is 1.90. The Labute approximate surface area is 97.8 Å². The molecule has 0 radical (unpaired) electrons. The molecule has 0 heteroatoms. The molecule has 0 nitrogen and oxygen atoms in total. The molecule has 0 aromatic carbocycles. The Morgan fingerprint density at radius 3 is 1.87 bits per heavy atom. The first-order valence-corrected chi connectivity index (χ1v) is 7.20. The number of hydrogen-bond donors (Lipinski definition) is 0. The van der Waals surface area contributed by atoms with Crippen LogP contribution in [-0.2, 0) is 0 Å². The average molecular weight is 212 g/mol. The van der Waals surface area contributed by atoms with Crippen LogP contribution < -0.4 is 0 Å². The fraction of sp³-hybridized carbons (Fsp3) is 1.00. The third kappa shape index (κ3) is 10.3. The molecule has 0 aliphatic rings. The molecule has 2 atom stereocenters. The molecule has 0 aromatic rings. The van der Waals surface area contributed by atoms with Gasteiger partial charge in [-0.1, -0.05) is 85.5 Å². The summed E-state index contributed by atoms with van der Waals surface area (Å²) in [6.07, 6.45) is 12.9. The first-order valence-electron chi connectivity index (χ1n) is 7.20. The lowest BCUT2D eigenvalue weighted by molar-refractivity contribution is 0.393. The Kier molecular flexibility index (Phi) is 10.5. The van der Waals surface area contributed by atoms with Gasteiger partial charge in [-0.15, -0.1) is 0 Å². The molecule has 0 fully saturated rings. The Morgan fingerprint density at radius 1 is 0.667 bits per heavy atom. The molecule has 2 unspecified atom stereocenters. The second-order valence-corrected chi connectivity index (χ2v) is 5.40. The average Bonchev–Trinajstić information content (AvgIpc) is 2.25. The first kappa shape index (κ1) is 15.0. The predicted molar refractivity (Wildman–Crippen MR) is 71.2 cm³/mol. The van der Waals surface area contributed by atoms with Gasteiger partial charge in [-0.3, -0.25) is 0 Å². The zero-order valence-corrected chi connectivity index (χ0v) is 11.5. The van der Waals surface area contributed by atoms with Crippen molar-refractivity contribution >= 4 is 0 Å². The van der Waals surface area contributed by atoms with Gasteiger partial charge in [-0.05, 0) is 11.8 Å². The van der Waals surface area contributed by atoms with Crippen molar-refractivity contribution in [3.63, 3.8) is 0 Å².